The molecule has 0 aromatic heterocycles. The van der Waals surface area contributed by atoms with Crippen molar-refractivity contribution < 1.29 is 9.90 Å². The molecule has 4 heteroatoms. The zero-order valence-corrected chi connectivity index (χ0v) is 12.1. The number of carboxylic acid groups (broad SMARTS) is 1. The Balaban J connectivity index is 2.24. The van der Waals surface area contributed by atoms with Crippen LogP contribution in [0.2, 0.25) is 0 Å². The molecule has 1 unspecified atom stereocenters. The van der Waals surface area contributed by atoms with E-state index in [2.05, 4.69) is 15.9 Å². The van der Waals surface area contributed by atoms with Crippen molar-refractivity contribution in [2.75, 3.05) is 0 Å². The van der Waals surface area contributed by atoms with Crippen LogP contribution in [0.4, 0.5) is 0 Å². The van der Waals surface area contributed by atoms with Gasteiger partial charge in [0.2, 0.25) is 0 Å². The Morgan fingerprint density at radius 3 is 2.58 bits per heavy atom. The van der Waals surface area contributed by atoms with E-state index in [4.69, 9.17) is 10.8 Å². The standard InChI is InChI=1S/C15H16BrNO2/c16-13-9-8-12(10-4-1-2-5-11(10)13)14(17)6-3-7-15(18)19/h1-2,4-5,8-9,14H,3,6-7,17H2,(H,18,19). The third kappa shape index (κ3) is 3.33. The van der Waals surface area contributed by atoms with Crippen LogP contribution in [0.15, 0.2) is 40.9 Å². The smallest absolute Gasteiger partial charge is 0.303 e. The van der Waals surface area contributed by atoms with Gasteiger partial charge in [-0.1, -0.05) is 46.3 Å². The summed E-state index contributed by atoms with van der Waals surface area (Å²) in [6.07, 6.45) is 1.45. The van der Waals surface area contributed by atoms with E-state index in [-0.39, 0.29) is 12.5 Å². The van der Waals surface area contributed by atoms with E-state index in [0.717, 1.165) is 20.8 Å². The van der Waals surface area contributed by atoms with E-state index < -0.39 is 5.97 Å². The van der Waals surface area contributed by atoms with Gasteiger partial charge >= 0.3 is 5.97 Å². The Kier molecular flexibility index (Phi) is 4.56. The quantitative estimate of drug-likeness (QED) is 0.879. The third-order valence-corrected chi connectivity index (χ3v) is 3.90. The summed E-state index contributed by atoms with van der Waals surface area (Å²) in [5, 5.41) is 10.9. The van der Waals surface area contributed by atoms with Crippen molar-refractivity contribution in [1.82, 2.24) is 0 Å². The van der Waals surface area contributed by atoms with Gasteiger partial charge in [0.1, 0.15) is 0 Å². The molecule has 2 aromatic rings. The van der Waals surface area contributed by atoms with Crippen LogP contribution in [0.3, 0.4) is 0 Å². The Hall–Kier alpha value is -1.39. The molecule has 2 aromatic carbocycles. The zero-order chi connectivity index (χ0) is 13.8. The molecule has 0 heterocycles. The first-order valence-electron chi connectivity index (χ1n) is 6.24. The fourth-order valence-electron chi connectivity index (χ4n) is 2.24. The van der Waals surface area contributed by atoms with Crippen LogP contribution in [0.1, 0.15) is 30.9 Å². The summed E-state index contributed by atoms with van der Waals surface area (Å²) in [6, 6.07) is 12.0. The lowest BCUT2D eigenvalue weighted by molar-refractivity contribution is -0.137. The van der Waals surface area contributed by atoms with Gasteiger partial charge in [0.15, 0.2) is 0 Å². The second-order valence-electron chi connectivity index (χ2n) is 4.57. The van der Waals surface area contributed by atoms with Gasteiger partial charge in [0.05, 0.1) is 0 Å². The Morgan fingerprint density at radius 1 is 1.21 bits per heavy atom. The number of carbonyl (C=O) groups is 1. The van der Waals surface area contributed by atoms with E-state index in [1.54, 1.807) is 0 Å². The molecule has 0 saturated heterocycles. The summed E-state index contributed by atoms with van der Waals surface area (Å²) in [4.78, 5) is 10.5. The van der Waals surface area contributed by atoms with Gasteiger partial charge in [0.25, 0.3) is 0 Å². The van der Waals surface area contributed by atoms with Crippen molar-refractivity contribution in [2.24, 2.45) is 5.73 Å². The topological polar surface area (TPSA) is 63.3 Å². The van der Waals surface area contributed by atoms with Crippen LogP contribution in [0, 0.1) is 0 Å². The highest BCUT2D eigenvalue weighted by Gasteiger charge is 2.11. The van der Waals surface area contributed by atoms with Crippen LogP contribution in [0.25, 0.3) is 10.8 Å². The van der Waals surface area contributed by atoms with E-state index in [0.29, 0.717) is 12.8 Å². The Morgan fingerprint density at radius 2 is 1.89 bits per heavy atom. The minimum Gasteiger partial charge on any atom is -0.481 e. The zero-order valence-electron chi connectivity index (χ0n) is 10.5. The SMILES string of the molecule is NC(CCCC(=O)O)c1ccc(Br)c2ccccc12. The van der Waals surface area contributed by atoms with Crippen molar-refractivity contribution in [3.05, 3.63) is 46.4 Å². The second-order valence-corrected chi connectivity index (χ2v) is 5.43. The molecule has 0 spiro atoms. The molecule has 2 rings (SSSR count). The second kappa shape index (κ2) is 6.17. The summed E-state index contributed by atoms with van der Waals surface area (Å²) in [5.41, 5.74) is 7.26. The number of aliphatic carboxylic acids is 1. The largest absolute Gasteiger partial charge is 0.481 e. The van der Waals surface area contributed by atoms with Gasteiger partial charge in [-0.25, -0.2) is 0 Å². The first-order valence-corrected chi connectivity index (χ1v) is 7.03. The molecular weight excluding hydrogens is 306 g/mol. The first-order chi connectivity index (χ1) is 9.09. The number of hydrogen-bond acceptors (Lipinski definition) is 2. The number of halogens is 1. The third-order valence-electron chi connectivity index (χ3n) is 3.21. The van der Waals surface area contributed by atoms with E-state index in [1.807, 2.05) is 36.4 Å². The molecule has 0 aliphatic rings. The Bertz CT molecular complexity index is 598. The molecule has 100 valence electrons. The Labute approximate surface area is 120 Å². The van der Waals surface area contributed by atoms with Gasteiger partial charge in [0, 0.05) is 16.9 Å². The molecule has 0 fully saturated rings. The molecule has 0 aliphatic carbocycles. The van der Waals surface area contributed by atoms with Crippen LogP contribution in [-0.2, 0) is 4.79 Å². The maximum absolute atomic E-state index is 10.5. The number of carboxylic acids is 1. The lowest BCUT2D eigenvalue weighted by atomic mass is 9.96. The van der Waals surface area contributed by atoms with Gasteiger partial charge in [-0.15, -0.1) is 0 Å². The molecular formula is C15H16BrNO2. The predicted molar refractivity (Wildman–Crippen MR) is 80.1 cm³/mol. The fourth-order valence-corrected chi connectivity index (χ4v) is 2.72. The average Bonchev–Trinajstić information content (AvgIpc) is 2.39. The summed E-state index contributed by atoms with van der Waals surface area (Å²) in [6.45, 7) is 0. The summed E-state index contributed by atoms with van der Waals surface area (Å²) in [5.74, 6) is -0.770. The normalized spacial score (nSPS) is 12.5. The van der Waals surface area contributed by atoms with Gasteiger partial charge < -0.3 is 10.8 Å². The summed E-state index contributed by atoms with van der Waals surface area (Å²) >= 11 is 3.53. The van der Waals surface area contributed by atoms with E-state index in [1.165, 1.54) is 0 Å². The highest BCUT2D eigenvalue weighted by Crippen LogP contribution is 2.30. The minimum atomic E-state index is -0.770. The lowest BCUT2D eigenvalue weighted by Gasteiger charge is -2.15. The number of nitrogens with two attached hydrogens (primary N) is 1. The monoisotopic (exact) mass is 321 g/mol. The van der Waals surface area contributed by atoms with E-state index >= 15 is 0 Å². The van der Waals surface area contributed by atoms with Crippen LogP contribution in [-0.4, -0.2) is 11.1 Å². The number of rotatable bonds is 5. The van der Waals surface area contributed by atoms with Crippen molar-refractivity contribution >= 4 is 32.7 Å². The van der Waals surface area contributed by atoms with Crippen molar-refractivity contribution in [3.8, 4) is 0 Å². The molecule has 0 amide bonds. The predicted octanol–water partition coefficient (Wildman–Crippen LogP) is 3.86. The number of fused-ring (bicyclic) bond motifs is 1. The van der Waals surface area contributed by atoms with Crippen LogP contribution in [0.5, 0.6) is 0 Å². The fraction of sp³-hybridized carbons (Fsp3) is 0.267. The molecule has 0 aliphatic heterocycles. The minimum absolute atomic E-state index is 0.127. The van der Waals surface area contributed by atoms with E-state index in [9.17, 15) is 4.79 Å². The average molecular weight is 322 g/mol. The summed E-state index contributed by atoms with van der Waals surface area (Å²) in [7, 11) is 0. The van der Waals surface area contributed by atoms with Gasteiger partial charge in [-0.05, 0) is 35.2 Å². The molecule has 3 nitrogen and oxygen atoms in total. The van der Waals surface area contributed by atoms with Crippen LogP contribution >= 0.6 is 15.9 Å². The molecule has 1 atom stereocenters. The summed E-state index contributed by atoms with van der Waals surface area (Å²) < 4.78 is 1.05. The van der Waals surface area contributed by atoms with Crippen LogP contribution < -0.4 is 5.73 Å². The van der Waals surface area contributed by atoms with Crippen molar-refractivity contribution in [2.45, 2.75) is 25.3 Å². The number of benzene rings is 2. The molecule has 0 radical (unpaired) electrons. The van der Waals surface area contributed by atoms with Crippen molar-refractivity contribution in [1.29, 1.82) is 0 Å². The van der Waals surface area contributed by atoms with Gasteiger partial charge in [-0.2, -0.15) is 0 Å². The molecule has 0 bridgehead atoms. The maximum atomic E-state index is 10.5. The first kappa shape index (κ1) is 14.0. The lowest BCUT2D eigenvalue weighted by Crippen LogP contribution is -2.11. The van der Waals surface area contributed by atoms with Gasteiger partial charge in [-0.3, -0.25) is 4.79 Å². The van der Waals surface area contributed by atoms with Crippen molar-refractivity contribution in [3.63, 3.8) is 0 Å². The number of hydrogen-bond donors (Lipinski definition) is 2. The highest BCUT2D eigenvalue weighted by atomic mass is 79.9. The highest BCUT2D eigenvalue weighted by molar-refractivity contribution is 9.10. The molecule has 19 heavy (non-hydrogen) atoms. The molecule has 0 saturated carbocycles. The molecule has 3 N–H and O–H groups in total. The maximum Gasteiger partial charge on any atom is 0.303 e.